The van der Waals surface area contributed by atoms with Crippen molar-refractivity contribution in [3.63, 3.8) is 0 Å². The molecule has 2 rings (SSSR count). The zero-order valence-electron chi connectivity index (χ0n) is 12.5. The number of nitrogens with zero attached hydrogens (tertiary/aromatic N) is 1. The van der Waals surface area contributed by atoms with Gasteiger partial charge in [0.2, 0.25) is 0 Å². The second-order valence-corrected chi connectivity index (χ2v) is 9.31. The van der Waals surface area contributed by atoms with Crippen LogP contribution in [-0.2, 0) is 9.53 Å². The molecule has 4 atom stereocenters. The van der Waals surface area contributed by atoms with Gasteiger partial charge in [0.05, 0.1) is 12.6 Å². The van der Waals surface area contributed by atoms with Gasteiger partial charge in [-0.1, -0.05) is 51.1 Å². The molecule has 1 aliphatic rings. The summed E-state index contributed by atoms with van der Waals surface area (Å²) in [7, 11) is -2.19. The van der Waals surface area contributed by atoms with Crippen LogP contribution in [0.25, 0.3) is 0 Å². The lowest BCUT2D eigenvalue weighted by Gasteiger charge is -2.25. The topological polar surface area (TPSA) is 49.5 Å². The Bertz CT molecular complexity index is 472. The van der Waals surface area contributed by atoms with Gasteiger partial charge in [-0.2, -0.15) is 0 Å². The van der Waals surface area contributed by atoms with Crippen molar-refractivity contribution < 1.29 is 14.3 Å². The maximum atomic E-state index is 12.1. The van der Waals surface area contributed by atoms with Crippen LogP contribution < -0.4 is 0 Å². The Morgan fingerprint density at radius 2 is 1.95 bits per heavy atom. The number of carbonyl (C=O) groups is 1. The van der Waals surface area contributed by atoms with Gasteiger partial charge < -0.3 is 9.53 Å². The first-order valence-electron chi connectivity index (χ1n) is 7.05. The van der Waals surface area contributed by atoms with Crippen LogP contribution in [0.1, 0.15) is 39.3 Å². The molecular formula is C15H23NO3Si. The first-order valence-corrected chi connectivity index (χ1v) is 8.66. The zero-order chi connectivity index (χ0) is 14.9. The van der Waals surface area contributed by atoms with Gasteiger partial charge in [0, 0.05) is 0 Å². The molecule has 0 spiro atoms. The predicted molar refractivity (Wildman–Crippen MR) is 80.5 cm³/mol. The van der Waals surface area contributed by atoms with Gasteiger partial charge in [0.15, 0.2) is 0 Å². The Kier molecular flexibility index (Phi) is 4.32. The number of esters is 1. The van der Waals surface area contributed by atoms with Crippen LogP contribution in [0, 0.1) is 0 Å². The molecule has 20 heavy (non-hydrogen) atoms. The van der Waals surface area contributed by atoms with Crippen LogP contribution in [0.5, 0.6) is 0 Å². The highest BCUT2D eigenvalue weighted by atomic mass is 28.3. The first-order chi connectivity index (χ1) is 9.38. The molecule has 0 amide bonds. The zero-order valence-corrected chi connectivity index (χ0v) is 13.7. The number of benzene rings is 1. The molecule has 110 valence electrons. The summed E-state index contributed by atoms with van der Waals surface area (Å²) in [5.74, 6) is -0.225. The summed E-state index contributed by atoms with van der Waals surface area (Å²) in [5.41, 5.74) is 1.07. The maximum Gasteiger partial charge on any atom is 0.324 e. The van der Waals surface area contributed by atoms with Crippen molar-refractivity contribution in [1.29, 1.82) is 0 Å². The molecule has 0 aliphatic carbocycles. The highest BCUT2D eigenvalue weighted by Gasteiger charge is 2.59. The Morgan fingerprint density at radius 1 is 1.35 bits per heavy atom. The maximum absolute atomic E-state index is 12.1. The summed E-state index contributed by atoms with van der Waals surface area (Å²) in [4.78, 5) is 22.7. The minimum Gasteiger partial charge on any atom is -0.465 e. The van der Waals surface area contributed by atoms with E-state index in [4.69, 9.17) is 4.74 Å². The van der Waals surface area contributed by atoms with Crippen molar-refractivity contribution in [3.05, 3.63) is 35.9 Å². The molecule has 4 nitrogen and oxygen atoms in total. The van der Waals surface area contributed by atoms with Gasteiger partial charge in [-0.3, -0.25) is 9.36 Å². The average molecular weight is 293 g/mol. The standard InChI is InChI=1S/C15H23NO3Si/c1-5-19-14(17)13-12(11-9-7-6-8-10-11)16(13)20(18)15(2,3)4/h6-10,12-13,18,20H,5H2,1-4H3/t12-,13-,16?,20?/m0/s1. The summed E-state index contributed by atoms with van der Waals surface area (Å²) in [5, 5.41) is -0.172. The van der Waals surface area contributed by atoms with E-state index in [9.17, 15) is 9.59 Å². The number of carbonyl (C=O) groups excluding carboxylic acids is 1. The number of ether oxygens (including phenoxy) is 1. The fourth-order valence-corrected chi connectivity index (χ4v) is 4.53. The normalized spacial score (nSPS) is 26.9. The Balaban J connectivity index is 2.22. The Labute approximate surface area is 122 Å². The summed E-state index contributed by atoms with van der Waals surface area (Å²) >= 11 is 0. The van der Waals surface area contributed by atoms with Gasteiger partial charge in [-0.15, -0.1) is 0 Å². The van der Waals surface area contributed by atoms with E-state index in [1.165, 1.54) is 0 Å². The van der Waals surface area contributed by atoms with Gasteiger partial charge in [0.25, 0.3) is 9.20 Å². The van der Waals surface area contributed by atoms with Gasteiger partial charge in [-0.25, -0.2) is 0 Å². The molecule has 5 heteroatoms. The smallest absolute Gasteiger partial charge is 0.324 e. The summed E-state index contributed by atoms with van der Waals surface area (Å²) < 4.78 is 7.11. The van der Waals surface area contributed by atoms with Crippen molar-refractivity contribution in [2.45, 2.75) is 44.8 Å². The first kappa shape index (κ1) is 15.2. The molecule has 0 bridgehead atoms. The Morgan fingerprint density at radius 3 is 2.45 bits per heavy atom. The third-order valence-corrected chi connectivity index (χ3v) is 6.33. The van der Waals surface area contributed by atoms with Crippen LogP contribution >= 0.6 is 0 Å². The lowest BCUT2D eigenvalue weighted by molar-refractivity contribution is -0.143. The molecule has 1 saturated heterocycles. The van der Waals surface area contributed by atoms with Gasteiger partial charge in [0.1, 0.15) is 6.04 Å². The summed E-state index contributed by atoms with van der Waals surface area (Å²) in [6, 6.07) is 9.52. The molecule has 1 aromatic carbocycles. The van der Waals surface area contributed by atoms with Crippen LogP contribution in [-0.4, -0.2) is 37.2 Å². The van der Waals surface area contributed by atoms with Gasteiger partial charge in [-0.05, 0) is 17.5 Å². The molecule has 0 aromatic heterocycles. The van der Waals surface area contributed by atoms with Crippen molar-refractivity contribution in [2.75, 3.05) is 6.61 Å². The lowest BCUT2D eigenvalue weighted by atomic mass is 10.1. The quantitative estimate of drug-likeness (QED) is 0.524. The van der Waals surface area contributed by atoms with E-state index in [1.807, 2.05) is 55.7 Å². The van der Waals surface area contributed by atoms with Gasteiger partial charge >= 0.3 is 5.97 Å². The van der Waals surface area contributed by atoms with E-state index in [1.54, 1.807) is 6.92 Å². The molecular weight excluding hydrogens is 270 g/mol. The van der Waals surface area contributed by atoms with E-state index in [0.29, 0.717) is 6.61 Å². The third-order valence-electron chi connectivity index (χ3n) is 3.58. The van der Waals surface area contributed by atoms with E-state index >= 15 is 0 Å². The van der Waals surface area contributed by atoms with Crippen LogP contribution in [0.3, 0.4) is 0 Å². The molecule has 1 fully saturated rings. The largest absolute Gasteiger partial charge is 0.465 e. The van der Waals surface area contributed by atoms with Crippen molar-refractivity contribution >= 4 is 15.2 Å². The van der Waals surface area contributed by atoms with Crippen LogP contribution in [0.2, 0.25) is 5.04 Å². The van der Waals surface area contributed by atoms with E-state index < -0.39 is 9.20 Å². The lowest BCUT2D eigenvalue weighted by Crippen LogP contribution is -2.37. The van der Waals surface area contributed by atoms with E-state index in [0.717, 1.165) is 5.56 Å². The van der Waals surface area contributed by atoms with Crippen LogP contribution in [0.4, 0.5) is 0 Å². The Hall–Kier alpha value is -1.17. The van der Waals surface area contributed by atoms with Crippen molar-refractivity contribution in [2.24, 2.45) is 0 Å². The van der Waals surface area contributed by atoms with E-state index in [2.05, 4.69) is 0 Å². The third kappa shape index (κ3) is 2.95. The highest BCUT2D eigenvalue weighted by molar-refractivity contribution is 6.52. The average Bonchev–Trinajstić information content (AvgIpc) is 3.13. The van der Waals surface area contributed by atoms with Crippen molar-refractivity contribution in [1.82, 2.24) is 4.57 Å². The molecule has 0 radical (unpaired) electrons. The molecule has 1 N–H and O–H groups in total. The molecule has 1 heterocycles. The number of hydrogen-bond acceptors (Lipinski definition) is 4. The summed E-state index contributed by atoms with van der Waals surface area (Å²) in [6.07, 6.45) is 0. The fourth-order valence-electron chi connectivity index (χ4n) is 2.48. The molecule has 1 aliphatic heterocycles. The fraction of sp³-hybridized carbons (Fsp3) is 0.533. The number of rotatable bonds is 4. The van der Waals surface area contributed by atoms with Crippen molar-refractivity contribution in [3.8, 4) is 0 Å². The molecule has 1 aromatic rings. The molecule has 2 unspecified atom stereocenters. The van der Waals surface area contributed by atoms with E-state index in [-0.39, 0.29) is 23.1 Å². The minimum absolute atomic E-state index is 0.0314. The SMILES string of the molecule is CCOC(=O)[C@@H]1[C@H](c2ccccc2)N1[SiH](O)C(C)(C)C. The summed E-state index contributed by atoms with van der Waals surface area (Å²) in [6.45, 7) is 8.24. The number of hydrogen-bond donors (Lipinski definition) is 1. The minimum atomic E-state index is -2.19. The van der Waals surface area contributed by atoms with Crippen LogP contribution in [0.15, 0.2) is 30.3 Å². The highest BCUT2D eigenvalue weighted by Crippen LogP contribution is 2.48. The molecule has 0 saturated carbocycles. The second-order valence-electron chi connectivity index (χ2n) is 6.24. The monoisotopic (exact) mass is 293 g/mol. The predicted octanol–water partition coefficient (Wildman–Crippen LogP) is 1.99. The second kappa shape index (κ2) is 5.67.